The number of Topliss-reactive ketones (excluding diaryl/α,β-unsaturated/α-hetero) is 1. The van der Waals surface area contributed by atoms with Crippen LogP contribution in [-0.2, 0) is 26.8 Å². The highest BCUT2D eigenvalue weighted by molar-refractivity contribution is 6.46. The van der Waals surface area contributed by atoms with Crippen molar-refractivity contribution in [1.82, 2.24) is 9.47 Å². The molecule has 1 N–H and O–H groups in total. The fraction of sp³-hybridized carbons (Fsp3) is 0.357. The Labute approximate surface area is 200 Å². The first kappa shape index (κ1) is 23.8. The highest BCUT2D eigenvalue weighted by Crippen LogP contribution is 2.43. The van der Waals surface area contributed by atoms with Crippen LogP contribution in [0.15, 0.2) is 54.2 Å². The van der Waals surface area contributed by atoms with Crippen LogP contribution in [0.25, 0.3) is 16.7 Å². The fourth-order valence-corrected chi connectivity index (χ4v) is 4.70. The lowest BCUT2D eigenvalue weighted by Gasteiger charge is -2.25. The van der Waals surface area contributed by atoms with E-state index in [0.29, 0.717) is 5.56 Å². The highest BCUT2D eigenvalue weighted by atomic mass is 16.5. The molecule has 0 bridgehead atoms. The molecule has 6 heteroatoms. The smallest absolute Gasteiger partial charge is 0.295 e. The van der Waals surface area contributed by atoms with Gasteiger partial charge in [0.2, 0.25) is 0 Å². The molecule has 0 saturated carbocycles. The number of ether oxygens (including phenoxy) is 1. The van der Waals surface area contributed by atoms with Crippen molar-refractivity contribution in [3.8, 4) is 0 Å². The molecule has 1 aromatic heterocycles. The second kappa shape index (κ2) is 8.76. The van der Waals surface area contributed by atoms with Crippen molar-refractivity contribution in [3.05, 3.63) is 76.5 Å². The van der Waals surface area contributed by atoms with Crippen LogP contribution in [0.3, 0.4) is 0 Å². The first-order valence-corrected chi connectivity index (χ1v) is 11.5. The van der Waals surface area contributed by atoms with E-state index in [0.717, 1.165) is 27.6 Å². The van der Waals surface area contributed by atoms with E-state index >= 15 is 0 Å². The van der Waals surface area contributed by atoms with E-state index in [2.05, 4.69) is 20.8 Å². The van der Waals surface area contributed by atoms with E-state index in [-0.39, 0.29) is 29.9 Å². The molecule has 2 heterocycles. The summed E-state index contributed by atoms with van der Waals surface area (Å²) in [5, 5.41) is 12.5. The van der Waals surface area contributed by atoms with Gasteiger partial charge in [0, 0.05) is 48.9 Å². The number of methoxy groups -OCH3 is 1. The first-order chi connectivity index (χ1) is 16.1. The Balaban J connectivity index is 1.98. The zero-order chi connectivity index (χ0) is 24.8. The van der Waals surface area contributed by atoms with Gasteiger partial charge in [-0.15, -0.1) is 0 Å². The molecule has 4 rings (SSSR count). The largest absolute Gasteiger partial charge is 0.507 e. The molecule has 1 unspecified atom stereocenters. The zero-order valence-electron chi connectivity index (χ0n) is 20.7. The van der Waals surface area contributed by atoms with Crippen LogP contribution in [0.4, 0.5) is 0 Å². The molecule has 1 amide bonds. The average molecular weight is 461 g/mol. The van der Waals surface area contributed by atoms with Crippen LogP contribution in [0.1, 0.15) is 49.1 Å². The van der Waals surface area contributed by atoms with Gasteiger partial charge in [-0.2, -0.15) is 0 Å². The van der Waals surface area contributed by atoms with Gasteiger partial charge in [0.1, 0.15) is 5.76 Å². The number of amides is 1. The Morgan fingerprint density at radius 3 is 2.50 bits per heavy atom. The van der Waals surface area contributed by atoms with E-state index in [1.807, 2.05) is 67.2 Å². The number of aliphatic hydroxyl groups excluding tert-OH is 1. The molecular weight excluding hydrogens is 428 g/mol. The molecule has 1 fully saturated rings. The van der Waals surface area contributed by atoms with Crippen molar-refractivity contribution < 1.29 is 19.4 Å². The summed E-state index contributed by atoms with van der Waals surface area (Å²) in [7, 11) is 3.50. The molecule has 178 valence electrons. The number of likely N-dealkylation sites (tertiary alicyclic amines) is 1. The number of carbonyl (C=O) groups excluding carboxylic acids is 2. The minimum atomic E-state index is -0.709. The third-order valence-corrected chi connectivity index (χ3v) is 6.66. The van der Waals surface area contributed by atoms with Gasteiger partial charge in [0.15, 0.2) is 0 Å². The summed E-state index contributed by atoms with van der Waals surface area (Å²) in [6, 6.07) is 13.1. The molecular formula is C28H32N2O4. The Kier molecular flexibility index (Phi) is 6.13. The molecule has 0 aliphatic carbocycles. The second-order valence-corrected chi connectivity index (χ2v) is 9.98. The summed E-state index contributed by atoms with van der Waals surface area (Å²) in [6.07, 6.45) is 1.94. The summed E-state index contributed by atoms with van der Waals surface area (Å²) < 4.78 is 7.21. The summed E-state index contributed by atoms with van der Waals surface area (Å²) in [4.78, 5) is 28.0. The number of hydrogen-bond donors (Lipinski definition) is 1. The zero-order valence-corrected chi connectivity index (χ0v) is 20.7. The van der Waals surface area contributed by atoms with Crippen molar-refractivity contribution in [2.75, 3.05) is 20.3 Å². The Hall–Kier alpha value is -3.38. The van der Waals surface area contributed by atoms with Crippen molar-refractivity contribution in [2.45, 2.75) is 39.2 Å². The highest BCUT2D eigenvalue weighted by Gasteiger charge is 2.47. The summed E-state index contributed by atoms with van der Waals surface area (Å²) in [5.41, 5.74) is 4.22. The van der Waals surface area contributed by atoms with Gasteiger partial charge < -0.3 is 19.3 Å². The second-order valence-electron chi connectivity index (χ2n) is 9.98. The van der Waals surface area contributed by atoms with Gasteiger partial charge in [0.25, 0.3) is 11.7 Å². The average Bonchev–Trinajstić information content (AvgIpc) is 3.25. The number of ketones is 1. The van der Waals surface area contributed by atoms with Gasteiger partial charge in [-0.1, -0.05) is 51.1 Å². The Morgan fingerprint density at radius 1 is 1.12 bits per heavy atom. The topological polar surface area (TPSA) is 71.8 Å². The van der Waals surface area contributed by atoms with Crippen LogP contribution < -0.4 is 0 Å². The number of hydrogen-bond acceptors (Lipinski definition) is 4. The number of aromatic nitrogens is 1. The van der Waals surface area contributed by atoms with Crippen LogP contribution in [-0.4, -0.2) is 46.5 Å². The van der Waals surface area contributed by atoms with Crippen molar-refractivity contribution in [1.29, 1.82) is 0 Å². The minimum Gasteiger partial charge on any atom is -0.507 e. The van der Waals surface area contributed by atoms with Crippen LogP contribution in [0.5, 0.6) is 0 Å². The SMILES string of the molecule is COCCN1C(=O)C(=O)/C(=C(/O)c2cc(C(C)(C)C)ccc2C)C1c1cn(C)c2ccccc12. The fourth-order valence-electron chi connectivity index (χ4n) is 4.70. The Morgan fingerprint density at radius 2 is 1.82 bits per heavy atom. The molecule has 2 aromatic carbocycles. The van der Waals surface area contributed by atoms with Gasteiger partial charge in [0.05, 0.1) is 18.2 Å². The van der Waals surface area contributed by atoms with E-state index < -0.39 is 17.7 Å². The number of nitrogens with zero attached hydrogens (tertiary/aromatic N) is 2. The maximum atomic E-state index is 13.4. The van der Waals surface area contributed by atoms with Crippen molar-refractivity contribution in [3.63, 3.8) is 0 Å². The number of para-hydroxylation sites is 1. The van der Waals surface area contributed by atoms with E-state index in [9.17, 15) is 14.7 Å². The Bertz CT molecular complexity index is 1310. The quantitative estimate of drug-likeness (QED) is 0.336. The lowest BCUT2D eigenvalue weighted by Crippen LogP contribution is -2.32. The number of carbonyl (C=O) groups is 2. The molecule has 1 saturated heterocycles. The summed E-state index contributed by atoms with van der Waals surface area (Å²) in [5.74, 6) is -1.44. The number of fused-ring (bicyclic) bond motifs is 1. The lowest BCUT2D eigenvalue weighted by atomic mass is 9.84. The molecule has 1 aliphatic heterocycles. The van der Waals surface area contributed by atoms with Gasteiger partial charge in [-0.3, -0.25) is 9.59 Å². The maximum Gasteiger partial charge on any atom is 0.295 e. The third kappa shape index (κ3) is 3.92. The molecule has 34 heavy (non-hydrogen) atoms. The van der Waals surface area contributed by atoms with Gasteiger partial charge >= 0.3 is 0 Å². The predicted octanol–water partition coefficient (Wildman–Crippen LogP) is 4.85. The summed E-state index contributed by atoms with van der Waals surface area (Å²) in [6.45, 7) is 8.72. The van der Waals surface area contributed by atoms with Crippen LogP contribution in [0, 0.1) is 6.92 Å². The molecule has 6 nitrogen and oxygen atoms in total. The standard InChI is InChI=1S/C28H32N2O4/c1-17-11-12-18(28(2,3)4)15-20(17)25(31)23-24(30(13-14-34-6)27(33)26(23)32)21-16-29(5)22-10-8-7-9-19(21)22/h7-12,15-16,24,31H,13-14H2,1-6H3/b25-23+. The van der Waals surface area contributed by atoms with Crippen LogP contribution in [0.2, 0.25) is 0 Å². The maximum absolute atomic E-state index is 13.4. The molecule has 1 aliphatic rings. The lowest BCUT2D eigenvalue weighted by molar-refractivity contribution is -0.140. The monoisotopic (exact) mass is 460 g/mol. The van der Waals surface area contributed by atoms with E-state index in [1.165, 1.54) is 4.90 Å². The van der Waals surface area contributed by atoms with Crippen molar-refractivity contribution in [2.24, 2.45) is 7.05 Å². The van der Waals surface area contributed by atoms with Crippen LogP contribution >= 0.6 is 0 Å². The number of rotatable bonds is 5. The van der Waals surface area contributed by atoms with Gasteiger partial charge in [-0.25, -0.2) is 0 Å². The first-order valence-electron chi connectivity index (χ1n) is 11.5. The minimum absolute atomic E-state index is 0.117. The van der Waals surface area contributed by atoms with E-state index in [1.54, 1.807) is 7.11 Å². The predicted molar refractivity (Wildman–Crippen MR) is 134 cm³/mol. The third-order valence-electron chi connectivity index (χ3n) is 6.66. The number of benzene rings is 2. The molecule has 0 radical (unpaired) electrons. The van der Waals surface area contributed by atoms with Crippen molar-refractivity contribution >= 4 is 28.4 Å². The number of aryl methyl sites for hydroxylation is 2. The van der Waals surface area contributed by atoms with Gasteiger partial charge in [-0.05, 0) is 35.6 Å². The number of aliphatic hydroxyl groups is 1. The molecule has 3 aromatic rings. The normalized spacial score (nSPS) is 18.3. The molecule has 0 spiro atoms. The molecule has 1 atom stereocenters. The summed E-state index contributed by atoms with van der Waals surface area (Å²) >= 11 is 0. The van der Waals surface area contributed by atoms with E-state index in [4.69, 9.17) is 4.74 Å².